The van der Waals surface area contributed by atoms with Crippen LogP contribution in [0.1, 0.15) is 29.5 Å². The van der Waals surface area contributed by atoms with Crippen LogP contribution < -0.4 is 5.32 Å². The van der Waals surface area contributed by atoms with Crippen molar-refractivity contribution in [2.24, 2.45) is 0 Å². The molecule has 2 aromatic carbocycles. The maximum Gasteiger partial charge on any atom is 0.0412 e. The van der Waals surface area contributed by atoms with E-state index in [1.807, 2.05) is 18.2 Å². The van der Waals surface area contributed by atoms with Gasteiger partial charge < -0.3 is 5.32 Å². The van der Waals surface area contributed by atoms with Gasteiger partial charge in [0.2, 0.25) is 0 Å². The lowest BCUT2D eigenvalue weighted by atomic mass is 9.90. The van der Waals surface area contributed by atoms with Gasteiger partial charge in [-0.25, -0.2) is 0 Å². The Hall–Kier alpha value is -0.990. The number of anilines is 1. The van der Waals surface area contributed by atoms with Crippen molar-refractivity contribution in [2.45, 2.75) is 32.2 Å². The fourth-order valence-electron chi connectivity index (χ4n) is 2.82. The summed E-state index contributed by atoms with van der Waals surface area (Å²) < 4.78 is 1.10. The van der Waals surface area contributed by atoms with Crippen molar-refractivity contribution in [1.82, 2.24) is 0 Å². The molecule has 1 aliphatic carbocycles. The zero-order valence-corrected chi connectivity index (χ0v) is 13.6. The van der Waals surface area contributed by atoms with Gasteiger partial charge in [0, 0.05) is 21.7 Å². The first kappa shape index (κ1) is 14.0. The van der Waals surface area contributed by atoms with Gasteiger partial charge in [0.05, 0.1) is 0 Å². The Morgan fingerprint density at radius 2 is 1.95 bits per heavy atom. The van der Waals surface area contributed by atoms with E-state index in [-0.39, 0.29) is 0 Å². The molecule has 104 valence electrons. The highest BCUT2D eigenvalue weighted by Crippen LogP contribution is 2.29. The summed E-state index contributed by atoms with van der Waals surface area (Å²) in [5, 5.41) is 4.35. The van der Waals surface area contributed by atoms with Gasteiger partial charge in [-0.05, 0) is 66.6 Å². The van der Waals surface area contributed by atoms with Crippen LogP contribution in [0.2, 0.25) is 5.02 Å². The Bertz CT molecular complexity index is 624. The van der Waals surface area contributed by atoms with Crippen LogP contribution in [0, 0.1) is 0 Å². The average molecular weight is 351 g/mol. The molecule has 1 nitrogen and oxygen atoms in total. The number of fused-ring (bicyclic) bond motifs is 1. The van der Waals surface area contributed by atoms with Crippen LogP contribution in [0.4, 0.5) is 5.69 Å². The molecule has 0 spiro atoms. The molecule has 0 saturated carbocycles. The lowest BCUT2D eigenvalue weighted by Gasteiger charge is -2.20. The predicted molar refractivity (Wildman–Crippen MR) is 89.6 cm³/mol. The molecule has 0 fully saturated rings. The topological polar surface area (TPSA) is 12.0 Å². The third-order valence-electron chi connectivity index (χ3n) is 3.87. The quantitative estimate of drug-likeness (QED) is 0.760. The van der Waals surface area contributed by atoms with E-state index in [2.05, 4.69) is 39.4 Å². The Morgan fingerprint density at radius 3 is 2.85 bits per heavy atom. The molecule has 3 rings (SSSR count). The molecule has 20 heavy (non-hydrogen) atoms. The molecule has 1 aliphatic rings. The van der Waals surface area contributed by atoms with Gasteiger partial charge in [-0.2, -0.15) is 0 Å². The number of benzene rings is 2. The van der Waals surface area contributed by atoms with Gasteiger partial charge in [0.1, 0.15) is 0 Å². The maximum atomic E-state index is 6.07. The first-order chi connectivity index (χ1) is 9.74. The van der Waals surface area contributed by atoms with Crippen molar-refractivity contribution in [2.75, 3.05) is 5.32 Å². The van der Waals surface area contributed by atoms with Crippen molar-refractivity contribution in [3.8, 4) is 0 Å². The third kappa shape index (κ3) is 3.02. The Balaban J connectivity index is 1.80. The number of hydrogen-bond donors (Lipinski definition) is 1. The van der Waals surface area contributed by atoms with Crippen molar-refractivity contribution in [3.63, 3.8) is 0 Å². The molecule has 0 heterocycles. The third-order valence-corrected chi connectivity index (χ3v) is 4.88. The van der Waals surface area contributed by atoms with Gasteiger partial charge in [-0.15, -0.1) is 0 Å². The maximum absolute atomic E-state index is 6.07. The molecule has 0 amide bonds. The number of hydrogen-bond acceptors (Lipinski definition) is 1. The molecule has 2 aromatic rings. The van der Waals surface area contributed by atoms with Gasteiger partial charge >= 0.3 is 0 Å². The van der Waals surface area contributed by atoms with E-state index in [0.717, 1.165) is 16.0 Å². The minimum Gasteiger partial charge on any atom is -0.381 e. The average Bonchev–Trinajstić information content (AvgIpc) is 2.48. The summed E-state index contributed by atoms with van der Waals surface area (Å²) in [7, 11) is 0. The Morgan fingerprint density at radius 1 is 1.10 bits per heavy atom. The largest absolute Gasteiger partial charge is 0.381 e. The summed E-state index contributed by atoms with van der Waals surface area (Å²) in [5.41, 5.74) is 5.46. The van der Waals surface area contributed by atoms with Crippen molar-refractivity contribution in [1.29, 1.82) is 0 Å². The number of halogens is 2. The van der Waals surface area contributed by atoms with Crippen LogP contribution in [-0.2, 0) is 19.4 Å². The van der Waals surface area contributed by atoms with E-state index in [4.69, 9.17) is 11.6 Å². The smallest absolute Gasteiger partial charge is 0.0412 e. The summed E-state index contributed by atoms with van der Waals surface area (Å²) in [5.74, 6) is 0. The fraction of sp³-hybridized carbons (Fsp3) is 0.294. The molecule has 0 aromatic heterocycles. The van der Waals surface area contributed by atoms with E-state index in [1.165, 1.54) is 48.1 Å². The van der Waals surface area contributed by atoms with Gasteiger partial charge in [0.15, 0.2) is 0 Å². The first-order valence-corrected chi connectivity index (χ1v) is 8.20. The highest BCUT2D eigenvalue weighted by Gasteiger charge is 2.12. The SMILES string of the molecule is Clc1ccc(Br)c(CNc2cccc3c2CCCC3)c1. The molecular weight excluding hydrogens is 334 g/mol. The highest BCUT2D eigenvalue weighted by molar-refractivity contribution is 9.10. The second-order valence-corrected chi connectivity index (χ2v) is 6.53. The second kappa shape index (κ2) is 6.19. The minimum absolute atomic E-state index is 0.778. The zero-order chi connectivity index (χ0) is 13.9. The molecule has 0 atom stereocenters. The summed E-state index contributed by atoms with van der Waals surface area (Å²) in [6.07, 6.45) is 5.02. The summed E-state index contributed by atoms with van der Waals surface area (Å²) >= 11 is 9.65. The summed E-state index contributed by atoms with van der Waals surface area (Å²) in [6.45, 7) is 0.789. The molecule has 0 bridgehead atoms. The van der Waals surface area contributed by atoms with Crippen LogP contribution >= 0.6 is 27.5 Å². The molecule has 3 heteroatoms. The van der Waals surface area contributed by atoms with E-state index < -0.39 is 0 Å². The summed E-state index contributed by atoms with van der Waals surface area (Å²) in [4.78, 5) is 0. The molecular formula is C17H17BrClN. The molecule has 0 saturated heterocycles. The van der Waals surface area contributed by atoms with Crippen LogP contribution in [0.15, 0.2) is 40.9 Å². The first-order valence-electron chi connectivity index (χ1n) is 7.02. The number of rotatable bonds is 3. The van der Waals surface area contributed by atoms with E-state index >= 15 is 0 Å². The van der Waals surface area contributed by atoms with Crippen molar-refractivity contribution in [3.05, 3.63) is 62.6 Å². The van der Waals surface area contributed by atoms with Gasteiger partial charge in [0.25, 0.3) is 0 Å². The van der Waals surface area contributed by atoms with Gasteiger partial charge in [-0.3, -0.25) is 0 Å². The van der Waals surface area contributed by atoms with Crippen LogP contribution in [0.3, 0.4) is 0 Å². The fourth-order valence-corrected chi connectivity index (χ4v) is 3.40. The monoisotopic (exact) mass is 349 g/mol. The van der Waals surface area contributed by atoms with Crippen LogP contribution in [0.5, 0.6) is 0 Å². The predicted octanol–water partition coefficient (Wildman–Crippen LogP) is 5.59. The zero-order valence-electron chi connectivity index (χ0n) is 11.3. The Labute approximate surface area is 133 Å². The summed E-state index contributed by atoms with van der Waals surface area (Å²) in [6, 6.07) is 12.5. The van der Waals surface area contributed by atoms with E-state index in [9.17, 15) is 0 Å². The second-order valence-electron chi connectivity index (χ2n) is 5.24. The number of nitrogens with one attached hydrogen (secondary N) is 1. The normalized spacial score (nSPS) is 13.9. The minimum atomic E-state index is 0.778. The number of aryl methyl sites for hydroxylation is 1. The molecule has 1 N–H and O–H groups in total. The van der Waals surface area contributed by atoms with E-state index in [1.54, 1.807) is 0 Å². The Kier molecular flexibility index (Phi) is 4.32. The highest BCUT2D eigenvalue weighted by atomic mass is 79.9. The van der Waals surface area contributed by atoms with Crippen molar-refractivity contribution < 1.29 is 0 Å². The van der Waals surface area contributed by atoms with Crippen molar-refractivity contribution >= 4 is 33.2 Å². The van der Waals surface area contributed by atoms with E-state index in [0.29, 0.717) is 0 Å². The lowest BCUT2D eigenvalue weighted by Crippen LogP contribution is -2.08. The van der Waals surface area contributed by atoms with Crippen LogP contribution in [-0.4, -0.2) is 0 Å². The van der Waals surface area contributed by atoms with Gasteiger partial charge in [-0.1, -0.05) is 39.7 Å². The molecule has 0 unspecified atom stereocenters. The molecule has 0 aliphatic heterocycles. The lowest BCUT2D eigenvalue weighted by molar-refractivity contribution is 0.686. The molecule has 0 radical (unpaired) electrons. The van der Waals surface area contributed by atoms with Crippen LogP contribution in [0.25, 0.3) is 0 Å². The standard InChI is InChI=1S/C17H17BrClN/c18-16-9-8-14(19)10-13(16)11-20-17-7-3-5-12-4-1-2-6-15(12)17/h3,5,7-10,20H,1-2,4,6,11H2.